The standard InChI is InChI=1S/C17H31NO5.Mg.2H/c1-2-3-4-5-6-7-8-9-10-11-16(21)23-17(22)14(18)12-13-15(19)20;;;/h14H,2-13,18H2,1H3,(H,19,20);;;/q;+2;2*-1. The smallest absolute Gasteiger partial charge is 1.00 e. The minimum atomic E-state index is -1.06. The van der Waals surface area contributed by atoms with Crippen molar-refractivity contribution in [3.05, 3.63) is 0 Å². The van der Waals surface area contributed by atoms with Crippen LogP contribution in [0.3, 0.4) is 0 Å². The Morgan fingerprint density at radius 3 is 1.96 bits per heavy atom. The molecule has 0 aromatic rings. The first-order valence-corrected chi connectivity index (χ1v) is 8.69. The first kappa shape index (κ1) is 25.6. The molecule has 0 spiro atoms. The fourth-order valence-corrected chi connectivity index (χ4v) is 2.22. The number of carboxylic acid groups (broad SMARTS) is 1. The van der Waals surface area contributed by atoms with E-state index in [4.69, 9.17) is 10.8 Å². The second-order valence-corrected chi connectivity index (χ2v) is 5.91. The van der Waals surface area contributed by atoms with E-state index in [0.29, 0.717) is 6.42 Å². The number of hydrogen-bond donors (Lipinski definition) is 2. The van der Waals surface area contributed by atoms with Gasteiger partial charge in [-0.2, -0.15) is 0 Å². The Labute approximate surface area is 164 Å². The van der Waals surface area contributed by atoms with E-state index in [1.54, 1.807) is 0 Å². The monoisotopic (exact) mass is 355 g/mol. The van der Waals surface area contributed by atoms with E-state index in [1.165, 1.54) is 38.5 Å². The third-order valence-corrected chi connectivity index (χ3v) is 3.67. The number of hydrogen-bond acceptors (Lipinski definition) is 5. The first-order valence-electron chi connectivity index (χ1n) is 8.69. The molecule has 3 N–H and O–H groups in total. The van der Waals surface area contributed by atoms with Crippen LogP contribution in [0.2, 0.25) is 0 Å². The molecule has 7 heteroatoms. The summed E-state index contributed by atoms with van der Waals surface area (Å²) in [5.74, 6) is -2.45. The summed E-state index contributed by atoms with van der Waals surface area (Å²) in [6.45, 7) is 2.20. The van der Waals surface area contributed by atoms with E-state index in [0.717, 1.165) is 12.8 Å². The summed E-state index contributed by atoms with van der Waals surface area (Å²) in [5, 5.41) is 8.50. The van der Waals surface area contributed by atoms with E-state index in [-0.39, 0.29) is 45.2 Å². The zero-order valence-corrected chi connectivity index (χ0v) is 16.3. The summed E-state index contributed by atoms with van der Waals surface area (Å²) in [6.07, 6.45) is 10.2. The third kappa shape index (κ3) is 16.2. The van der Waals surface area contributed by atoms with Crippen LogP contribution in [0, 0.1) is 0 Å². The van der Waals surface area contributed by atoms with Gasteiger partial charge in [-0.1, -0.05) is 58.3 Å². The maximum atomic E-state index is 11.5. The molecule has 0 saturated carbocycles. The summed E-state index contributed by atoms with van der Waals surface area (Å²) >= 11 is 0. The van der Waals surface area contributed by atoms with Gasteiger partial charge < -0.3 is 18.4 Å². The van der Waals surface area contributed by atoms with Crippen molar-refractivity contribution in [1.82, 2.24) is 0 Å². The molecular formula is C17H33MgNO5. The van der Waals surface area contributed by atoms with Gasteiger partial charge in [0.05, 0.1) is 0 Å². The zero-order chi connectivity index (χ0) is 17.5. The van der Waals surface area contributed by atoms with Crippen LogP contribution in [-0.4, -0.2) is 52.1 Å². The van der Waals surface area contributed by atoms with Crippen molar-refractivity contribution in [3.8, 4) is 0 Å². The van der Waals surface area contributed by atoms with E-state index in [9.17, 15) is 14.4 Å². The van der Waals surface area contributed by atoms with Gasteiger partial charge >= 0.3 is 41.0 Å². The molecule has 0 aliphatic carbocycles. The van der Waals surface area contributed by atoms with Crippen molar-refractivity contribution >= 4 is 41.0 Å². The fraction of sp³-hybridized carbons (Fsp3) is 0.824. The molecule has 0 bridgehead atoms. The summed E-state index contributed by atoms with van der Waals surface area (Å²) in [7, 11) is 0. The first-order chi connectivity index (χ1) is 11.0. The summed E-state index contributed by atoms with van der Waals surface area (Å²) in [4.78, 5) is 33.3. The molecule has 0 radical (unpaired) electrons. The zero-order valence-electron chi connectivity index (χ0n) is 16.9. The summed E-state index contributed by atoms with van der Waals surface area (Å²) < 4.78 is 4.62. The van der Waals surface area contributed by atoms with E-state index >= 15 is 0 Å². The van der Waals surface area contributed by atoms with Gasteiger partial charge in [-0.25, -0.2) is 4.79 Å². The van der Waals surface area contributed by atoms with Crippen molar-refractivity contribution in [2.45, 2.75) is 90.0 Å². The molecular weight excluding hydrogens is 322 g/mol. The molecule has 1 atom stereocenters. The number of carboxylic acids is 1. The van der Waals surface area contributed by atoms with Gasteiger partial charge in [0.15, 0.2) is 0 Å². The second kappa shape index (κ2) is 17.2. The SMILES string of the molecule is CCCCCCCCCCCC(=O)OC(=O)C(N)CCC(=O)O.[H-].[H-].[Mg+2]. The van der Waals surface area contributed by atoms with Gasteiger partial charge in [0.1, 0.15) is 6.04 Å². The van der Waals surface area contributed by atoms with Crippen molar-refractivity contribution in [3.63, 3.8) is 0 Å². The molecule has 0 rings (SSSR count). The molecule has 0 amide bonds. The van der Waals surface area contributed by atoms with Crippen LogP contribution >= 0.6 is 0 Å². The van der Waals surface area contributed by atoms with Crippen molar-refractivity contribution in [1.29, 1.82) is 0 Å². The molecule has 0 aromatic heterocycles. The summed E-state index contributed by atoms with van der Waals surface area (Å²) in [5.41, 5.74) is 5.47. The summed E-state index contributed by atoms with van der Waals surface area (Å²) in [6, 6.07) is -1.06. The average Bonchev–Trinajstić information content (AvgIpc) is 2.50. The molecule has 0 heterocycles. The second-order valence-electron chi connectivity index (χ2n) is 5.91. The Morgan fingerprint density at radius 1 is 0.958 bits per heavy atom. The average molecular weight is 356 g/mol. The Kier molecular flexibility index (Phi) is 18.3. The van der Waals surface area contributed by atoms with Crippen LogP contribution in [0.4, 0.5) is 0 Å². The van der Waals surface area contributed by atoms with Crippen LogP contribution < -0.4 is 5.73 Å². The number of rotatable bonds is 14. The van der Waals surface area contributed by atoms with Crippen LogP contribution in [0.1, 0.15) is 86.8 Å². The van der Waals surface area contributed by atoms with E-state index in [1.807, 2.05) is 0 Å². The van der Waals surface area contributed by atoms with Gasteiger partial charge in [-0.3, -0.25) is 9.59 Å². The van der Waals surface area contributed by atoms with Crippen molar-refractivity contribution in [2.24, 2.45) is 5.73 Å². The predicted octanol–water partition coefficient (Wildman–Crippen LogP) is 3.01. The molecule has 0 fully saturated rings. The normalized spacial score (nSPS) is 11.4. The van der Waals surface area contributed by atoms with Crippen molar-refractivity contribution < 1.29 is 27.1 Å². The maximum Gasteiger partial charge on any atom is 2.00 e. The molecule has 0 aliphatic heterocycles. The largest absolute Gasteiger partial charge is 2.00 e. The molecule has 0 saturated heterocycles. The molecule has 1 unspecified atom stereocenters. The molecule has 0 aromatic carbocycles. The Bertz CT molecular complexity index is 373. The van der Waals surface area contributed by atoms with Gasteiger partial charge in [-0.15, -0.1) is 0 Å². The minimum absolute atomic E-state index is 0. The van der Waals surface area contributed by atoms with Gasteiger partial charge in [0.2, 0.25) is 0 Å². The minimum Gasteiger partial charge on any atom is -1.00 e. The van der Waals surface area contributed by atoms with Crippen LogP contribution in [0.25, 0.3) is 0 Å². The third-order valence-electron chi connectivity index (χ3n) is 3.67. The molecule has 0 aliphatic rings. The molecule has 6 nitrogen and oxygen atoms in total. The van der Waals surface area contributed by atoms with Gasteiger partial charge in [-0.05, 0) is 12.8 Å². The number of ether oxygens (including phenoxy) is 1. The predicted molar refractivity (Wildman–Crippen MR) is 95.8 cm³/mol. The number of carbonyl (C=O) groups excluding carboxylic acids is 2. The molecule has 24 heavy (non-hydrogen) atoms. The Balaban J connectivity index is -0.000000807. The number of aliphatic carboxylic acids is 1. The maximum absolute atomic E-state index is 11.5. The number of carbonyl (C=O) groups is 3. The number of esters is 2. The Morgan fingerprint density at radius 2 is 1.46 bits per heavy atom. The van der Waals surface area contributed by atoms with Crippen molar-refractivity contribution in [2.75, 3.05) is 0 Å². The quantitative estimate of drug-likeness (QED) is 0.215. The fourth-order valence-electron chi connectivity index (χ4n) is 2.22. The van der Waals surface area contributed by atoms with E-state index < -0.39 is 23.9 Å². The van der Waals surface area contributed by atoms with Crippen LogP contribution in [0.5, 0.6) is 0 Å². The van der Waals surface area contributed by atoms with Crippen LogP contribution in [-0.2, 0) is 19.1 Å². The van der Waals surface area contributed by atoms with Crippen LogP contribution in [0.15, 0.2) is 0 Å². The Hall–Kier alpha value is -0.664. The topological polar surface area (TPSA) is 107 Å². The van der Waals surface area contributed by atoms with Gasteiger partial charge in [0.25, 0.3) is 0 Å². The number of unbranched alkanes of at least 4 members (excludes halogenated alkanes) is 8. The number of nitrogens with two attached hydrogens (primary N) is 1. The van der Waals surface area contributed by atoms with Gasteiger partial charge in [0, 0.05) is 12.8 Å². The van der Waals surface area contributed by atoms with E-state index in [2.05, 4.69) is 11.7 Å². The molecule has 138 valence electrons.